The SMILES string of the molecule is CC(=Nc1ccccc1)C1CCCCC1=Nc1c(C)cccc1C. The summed E-state index contributed by atoms with van der Waals surface area (Å²) in [6.07, 6.45) is 4.74. The number of benzene rings is 2. The van der Waals surface area contributed by atoms with Gasteiger partial charge in [0.1, 0.15) is 0 Å². The van der Waals surface area contributed by atoms with Crippen molar-refractivity contribution >= 4 is 22.8 Å². The minimum absolute atomic E-state index is 0.373. The average molecular weight is 318 g/mol. The fraction of sp³-hybridized carbons (Fsp3) is 0.364. The highest BCUT2D eigenvalue weighted by Crippen LogP contribution is 2.30. The van der Waals surface area contributed by atoms with E-state index in [1.54, 1.807) is 0 Å². The van der Waals surface area contributed by atoms with Gasteiger partial charge in [0.05, 0.1) is 11.4 Å². The molecule has 0 radical (unpaired) electrons. The Kier molecular flexibility index (Phi) is 5.24. The van der Waals surface area contributed by atoms with Crippen molar-refractivity contribution in [3.8, 4) is 0 Å². The van der Waals surface area contributed by atoms with E-state index >= 15 is 0 Å². The van der Waals surface area contributed by atoms with Gasteiger partial charge in [0.25, 0.3) is 0 Å². The van der Waals surface area contributed by atoms with Crippen LogP contribution in [0, 0.1) is 19.8 Å². The molecule has 2 aromatic rings. The molecule has 1 aliphatic carbocycles. The van der Waals surface area contributed by atoms with Gasteiger partial charge in [-0.1, -0.05) is 42.8 Å². The Balaban J connectivity index is 1.94. The molecule has 0 N–H and O–H groups in total. The Morgan fingerprint density at radius 3 is 2.33 bits per heavy atom. The molecule has 0 amide bonds. The number of rotatable bonds is 3. The predicted octanol–water partition coefficient (Wildman–Crippen LogP) is 6.36. The van der Waals surface area contributed by atoms with Gasteiger partial charge in [-0.15, -0.1) is 0 Å². The summed E-state index contributed by atoms with van der Waals surface area (Å²) < 4.78 is 0. The Labute approximate surface area is 145 Å². The van der Waals surface area contributed by atoms with Gasteiger partial charge in [0.2, 0.25) is 0 Å². The molecule has 1 saturated carbocycles. The quantitative estimate of drug-likeness (QED) is 0.588. The molecule has 0 saturated heterocycles. The van der Waals surface area contributed by atoms with Gasteiger partial charge in [-0.25, -0.2) is 0 Å². The van der Waals surface area contributed by atoms with Crippen molar-refractivity contribution in [3.63, 3.8) is 0 Å². The maximum absolute atomic E-state index is 5.10. The molecule has 2 heteroatoms. The first kappa shape index (κ1) is 16.6. The van der Waals surface area contributed by atoms with Gasteiger partial charge in [0, 0.05) is 17.3 Å². The fourth-order valence-corrected chi connectivity index (χ4v) is 3.49. The van der Waals surface area contributed by atoms with Crippen LogP contribution in [-0.4, -0.2) is 11.4 Å². The maximum Gasteiger partial charge on any atom is 0.0687 e. The highest BCUT2D eigenvalue weighted by atomic mass is 14.8. The number of aliphatic imine (C=N–C) groups is 2. The van der Waals surface area contributed by atoms with Gasteiger partial charge in [-0.2, -0.15) is 0 Å². The molecule has 2 nitrogen and oxygen atoms in total. The summed E-state index contributed by atoms with van der Waals surface area (Å²) in [4.78, 5) is 9.95. The summed E-state index contributed by atoms with van der Waals surface area (Å²) in [6.45, 7) is 6.45. The second-order valence-corrected chi connectivity index (χ2v) is 6.73. The molecular formula is C22H26N2. The topological polar surface area (TPSA) is 24.7 Å². The second-order valence-electron chi connectivity index (χ2n) is 6.73. The van der Waals surface area contributed by atoms with Gasteiger partial charge in [-0.05, 0) is 63.3 Å². The van der Waals surface area contributed by atoms with E-state index in [4.69, 9.17) is 9.98 Å². The van der Waals surface area contributed by atoms with E-state index in [0.717, 1.165) is 24.2 Å². The molecule has 1 atom stereocenters. The number of para-hydroxylation sites is 2. The van der Waals surface area contributed by atoms with E-state index in [1.165, 1.54) is 35.4 Å². The molecule has 24 heavy (non-hydrogen) atoms. The smallest absolute Gasteiger partial charge is 0.0687 e. The molecule has 0 heterocycles. The largest absolute Gasteiger partial charge is 0.257 e. The van der Waals surface area contributed by atoms with Crippen molar-refractivity contribution in [1.29, 1.82) is 0 Å². The van der Waals surface area contributed by atoms with E-state index < -0.39 is 0 Å². The summed E-state index contributed by atoms with van der Waals surface area (Å²) in [5.74, 6) is 0.373. The molecule has 3 rings (SSSR count). The zero-order valence-electron chi connectivity index (χ0n) is 14.9. The lowest BCUT2D eigenvalue weighted by Crippen LogP contribution is -2.25. The van der Waals surface area contributed by atoms with Crippen LogP contribution >= 0.6 is 0 Å². The summed E-state index contributed by atoms with van der Waals surface area (Å²) in [7, 11) is 0. The second kappa shape index (κ2) is 7.57. The molecule has 0 spiro atoms. The number of hydrogen-bond acceptors (Lipinski definition) is 2. The number of hydrogen-bond donors (Lipinski definition) is 0. The first-order valence-electron chi connectivity index (χ1n) is 8.89. The lowest BCUT2D eigenvalue weighted by atomic mass is 9.84. The lowest BCUT2D eigenvalue weighted by Gasteiger charge is -2.25. The zero-order valence-corrected chi connectivity index (χ0v) is 14.9. The van der Waals surface area contributed by atoms with Crippen LogP contribution in [0.25, 0.3) is 0 Å². The summed E-state index contributed by atoms with van der Waals surface area (Å²) >= 11 is 0. The Bertz CT molecular complexity index is 737. The van der Waals surface area contributed by atoms with E-state index in [2.05, 4.69) is 51.1 Å². The summed E-state index contributed by atoms with van der Waals surface area (Å²) in [6, 6.07) is 16.6. The minimum Gasteiger partial charge on any atom is -0.257 e. The van der Waals surface area contributed by atoms with Crippen molar-refractivity contribution < 1.29 is 0 Å². The minimum atomic E-state index is 0.373. The van der Waals surface area contributed by atoms with E-state index in [-0.39, 0.29) is 0 Å². The molecule has 124 valence electrons. The van der Waals surface area contributed by atoms with Gasteiger partial charge >= 0.3 is 0 Å². The lowest BCUT2D eigenvalue weighted by molar-refractivity contribution is 0.611. The molecule has 0 aliphatic heterocycles. The van der Waals surface area contributed by atoms with Crippen LogP contribution < -0.4 is 0 Å². The molecule has 1 unspecified atom stereocenters. The van der Waals surface area contributed by atoms with Gasteiger partial charge < -0.3 is 0 Å². The summed E-state index contributed by atoms with van der Waals surface area (Å²) in [5, 5.41) is 0. The Morgan fingerprint density at radius 2 is 1.62 bits per heavy atom. The van der Waals surface area contributed by atoms with Crippen LogP contribution in [0.1, 0.15) is 43.7 Å². The van der Waals surface area contributed by atoms with Crippen molar-refractivity contribution in [2.75, 3.05) is 0 Å². The molecule has 0 bridgehead atoms. The molecule has 0 aromatic heterocycles. The van der Waals surface area contributed by atoms with E-state index in [1.807, 2.05) is 18.2 Å². The van der Waals surface area contributed by atoms with Crippen molar-refractivity contribution in [3.05, 3.63) is 59.7 Å². The first-order chi connectivity index (χ1) is 11.6. The van der Waals surface area contributed by atoms with Crippen molar-refractivity contribution in [2.45, 2.75) is 46.5 Å². The fourth-order valence-electron chi connectivity index (χ4n) is 3.49. The first-order valence-corrected chi connectivity index (χ1v) is 8.89. The molecule has 2 aromatic carbocycles. The van der Waals surface area contributed by atoms with Crippen LogP contribution in [0.2, 0.25) is 0 Å². The van der Waals surface area contributed by atoms with Crippen LogP contribution in [0.15, 0.2) is 58.5 Å². The van der Waals surface area contributed by atoms with Crippen LogP contribution in [0.4, 0.5) is 11.4 Å². The third kappa shape index (κ3) is 3.81. The zero-order chi connectivity index (χ0) is 16.9. The van der Waals surface area contributed by atoms with E-state index in [0.29, 0.717) is 5.92 Å². The van der Waals surface area contributed by atoms with Crippen LogP contribution in [0.3, 0.4) is 0 Å². The van der Waals surface area contributed by atoms with Crippen LogP contribution in [0.5, 0.6) is 0 Å². The Morgan fingerprint density at radius 1 is 0.917 bits per heavy atom. The van der Waals surface area contributed by atoms with E-state index in [9.17, 15) is 0 Å². The predicted molar refractivity (Wildman–Crippen MR) is 104 cm³/mol. The highest BCUT2D eigenvalue weighted by molar-refractivity contribution is 6.08. The number of nitrogens with zero attached hydrogens (tertiary/aromatic N) is 2. The highest BCUT2D eigenvalue weighted by Gasteiger charge is 2.23. The molecule has 1 aliphatic rings. The maximum atomic E-state index is 5.10. The average Bonchev–Trinajstić information content (AvgIpc) is 2.59. The van der Waals surface area contributed by atoms with Crippen LogP contribution in [-0.2, 0) is 0 Å². The Hall–Kier alpha value is -2.22. The van der Waals surface area contributed by atoms with Gasteiger partial charge in [-0.3, -0.25) is 9.98 Å². The standard InChI is InChI=1S/C22H26N2/c1-16-10-9-11-17(2)22(16)24-21-15-8-7-14-20(21)18(3)23-19-12-5-4-6-13-19/h4-6,9-13,20H,7-8,14-15H2,1-3H3. The monoisotopic (exact) mass is 318 g/mol. The van der Waals surface area contributed by atoms with Gasteiger partial charge in [0.15, 0.2) is 0 Å². The third-order valence-electron chi connectivity index (χ3n) is 4.84. The molecular weight excluding hydrogens is 292 g/mol. The number of aryl methyl sites for hydroxylation is 2. The third-order valence-corrected chi connectivity index (χ3v) is 4.84. The molecule has 1 fully saturated rings. The summed E-state index contributed by atoms with van der Waals surface area (Å²) in [5.41, 5.74) is 7.18. The van der Waals surface area contributed by atoms with Crippen molar-refractivity contribution in [1.82, 2.24) is 0 Å². The normalized spacial score (nSPS) is 20.4. The van der Waals surface area contributed by atoms with Crippen molar-refractivity contribution in [2.24, 2.45) is 15.9 Å².